The molecule has 2 aromatic rings. The molecule has 1 fully saturated rings. The Labute approximate surface area is 145 Å². The molecule has 0 atom stereocenters. The number of amides is 1. The second kappa shape index (κ2) is 7.25. The Bertz CT molecular complexity index is 770. The Morgan fingerprint density at radius 3 is 2.44 bits per heavy atom. The highest BCUT2D eigenvalue weighted by molar-refractivity contribution is 5.94. The smallest absolute Gasteiger partial charge is 0.269 e. The molecule has 1 aliphatic rings. The van der Waals surface area contributed by atoms with E-state index in [2.05, 4.69) is 14.9 Å². The lowest BCUT2D eigenvalue weighted by atomic mass is 10.1. The SMILES string of the molecule is CCc1cc(N2CCN(C(=O)c3ccc([N+](=O)[O-])cc3)CC2)ncn1. The first kappa shape index (κ1) is 16.8. The Morgan fingerprint density at radius 1 is 1.16 bits per heavy atom. The van der Waals surface area contributed by atoms with Crippen LogP contribution in [0.25, 0.3) is 0 Å². The van der Waals surface area contributed by atoms with Gasteiger partial charge < -0.3 is 9.80 Å². The second-order valence-electron chi connectivity index (χ2n) is 5.80. The van der Waals surface area contributed by atoms with Gasteiger partial charge in [-0.15, -0.1) is 0 Å². The number of anilines is 1. The van der Waals surface area contributed by atoms with E-state index in [1.165, 1.54) is 24.3 Å². The third-order valence-corrected chi connectivity index (χ3v) is 4.29. The van der Waals surface area contributed by atoms with E-state index in [4.69, 9.17) is 0 Å². The minimum absolute atomic E-state index is 0.0168. The summed E-state index contributed by atoms with van der Waals surface area (Å²) in [6.07, 6.45) is 2.43. The number of benzene rings is 1. The second-order valence-corrected chi connectivity index (χ2v) is 5.80. The van der Waals surface area contributed by atoms with Gasteiger partial charge in [-0.25, -0.2) is 9.97 Å². The quantitative estimate of drug-likeness (QED) is 0.623. The first-order valence-corrected chi connectivity index (χ1v) is 8.18. The van der Waals surface area contributed by atoms with Crippen molar-refractivity contribution in [2.45, 2.75) is 13.3 Å². The summed E-state index contributed by atoms with van der Waals surface area (Å²) >= 11 is 0. The molecule has 3 rings (SSSR count). The molecule has 0 radical (unpaired) electrons. The highest BCUT2D eigenvalue weighted by atomic mass is 16.6. The standard InChI is InChI=1S/C17H19N5O3/c1-2-14-11-16(19-12-18-14)20-7-9-21(10-8-20)17(23)13-3-5-15(6-4-13)22(24)25/h3-6,11-12H,2,7-10H2,1H3. The van der Waals surface area contributed by atoms with Crippen LogP contribution < -0.4 is 4.90 Å². The number of piperazine rings is 1. The molecular formula is C17H19N5O3. The molecule has 0 saturated carbocycles. The Morgan fingerprint density at radius 2 is 1.84 bits per heavy atom. The first-order chi connectivity index (χ1) is 12.1. The third-order valence-electron chi connectivity index (χ3n) is 4.29. The van der Waals surface area contributed by atoms with Gasteiger partial charge in [-0.05, 0) is 18.6 Å². The van der Waals surface area contributed by atoms with Crippen molar-refractivity contribution >= 4 is 17.4 Å². The largest absolute Gasteiger partial charge is 0.353 e. The summed E-state index contributed by atoms with van der Waals surface area (Å²) in [6, 6.07) is 7.71. The molecule has 1 aromatic carbocycles. The number of hydrogen-bond donors (Lipinski definition) is 0. The Kier molecular flexibility index (Phi) is 4.87. The number of carbonyl (C=O) groups is 1. The number of rotatable bonds is 4. The molecule has 0 aliphatic carbocycles. The van der Waals surface area contributed by atoms with Crippen LogP contribution in [0.3, 0.4) is 0 Å². The van der Waals surface area contributed by atoms with Crippen LogP contribution in [0.1, 0.15) is 23.0 Å². The van der Waals surface area contributed by atoms with Crippen molar-refractivity contribution in [1.29, 1.82) is 0 Å². The number of aryl methyl sites for hydroxylation is 1. The van der Waals surface area contributed by atoms with Crippen LogP contribution >= 0.6 is 0 Å². The van der Waals surface area contributed by atoms with Crippen molar-refractivity contribution in [1.82, 2.24) is 14.9 Å². The van der Waals surface area contributed by atoms with Gasteiger partial charge in [-0.3, -0.25) is 14.9 Å². The summed E-state index contributed by atoms with van der Waals surface area (Å²) in [4.78, 5) is 35.2. The molecule has 8 nitrogen and oxygen atoms in total. The Balaban J connectivity index is 1.63. The van der Waals surface area contributed by atoms with Crippen LogP contribution in [0.5, 0.6) is 0 Å². The maximum absolute atomic E-state index is 12.5. The van der Waals surface area contributed by atoms with E-state index in [-0.39, 0.29) is 11.6 Å². The van der Waals surface area contributed by atoms with Gasteiger partial charge in [-0.2, -0.15) is 0 Å². The average Bonchev–Trinajstić information content (AvgIpc) is 2.67. The zero-order chi connectivity index (χ0) is 17.8. The molecule has 8 heteroatoms. The van der Waals surface area contributed by atoms with Crippen molar-refractivity contribution in [2.75, 3.05) is 31.1 Å². The highest BCUT2D eigenvalue weighted by Gasteiger charge is 2.23. The summed E-state index contributed by atoms with van der Waals surface area (Å²) < 4.78 is 0. The monoisotopic (exact) mass is 341 g/mol. The number of nitro benzene ring substituents is 1. The van der Waals surface area contributed by atoms with Crippen molar-refractivity contribution in [3.8, 4) is 0 Å². The lowest BCUT2D eigenvalue weighted by molar-refractivity contribution is -0.384. The van der Waals surface area contributed by atoms with E-state index >= 15 is 0 Å². The topological polar surface area (TPSA) is 92.5 Å². The van der Waals surface area contributed by atoms with E-state index in [1.807, 2.05) is 13.0 Å². The van der Waals surface area contributed by atoms with Gasteiger partial charge >= 0.3 is 0 Å². The molecular weight excluding hydrogens is 322 g/mol. The predicted molar refractivity (Wildman–Crippen MR) is 92.6 cm³/mol. The number of aromatic nitrogens is 2. The Hall–Kier alpha value is -3.03. The van der Waals surface area contributed by atoms with Gasteiger partial charge in [0.25, 0.3) is 11.6 Å². The fraction of sp³-hybridized carbons (Fsp3) is 0.353. The summed E-state index contributed by atoms with van der Waals surface area (Å²) in [5.74, 6) is 0.778. The van der Waals surface area contributed by atoms with E-state index in [1.54, 1.807) is 11.2 Å². The molecule has 1 saturated heterocycles. The summed E-state index contributed by atoms with van der Waals surface area (Å²) in [5, 5.41) is 10.7. The number of non-ortho nitro benzene ring substituents is 1. The van der Waals surface area contributed by atoms with Crippen LogP contribution in [0.15, 0.2) is 36.7 Å². The van der Waals surface area contributed by atoms with E-state index < -0.39 is 4.92 Å². The summed E-state index contributed by atoms with van der Waals surface area (Å²) in [5.41, 5.74) is 1.45. The van der Waals surface area contributed by atoms with Crippen LogP contribution in [0.4, 0.5) is 11.5 Å². The summed E-state index contributed by atoms with van der Waals surface area (Å²) in [7, 11) is 0. The van der Waals surface area contributed by atoms with Crippen molar-refractivity contribution in [2.24, 2.45) is 0 Å². The van der Waals surface area contributed by atoms with Gasteiger partial charge in [0, 0.05) is 55.6 Å². The van der Waals surface area contributed by atoms with Gasteiger partial charge in [0.2, 0.25) is 0 Å². The molecule has 2 heterocycles. The first-order valence-electron chi connectivity index (χ1n) is 8.18. The third kappa shape index (κ3) is 3.73. The molecule has 0 N–H and O–H groups in total. The average molecular weight is 341 g/mol. The van der Waals surface area contributed by atoms with Crippen LogP contribution in [0.2, 0.25) is 0 Å². The van der Waals surface area contributed by atoms with Crippen LogP contribution in [-0.2, 0) is 6.42 Å². The number of nitrogens with zero attached hydrogens (tertiary/aromatic N) is 5. The molecule has 25 heavy (non-hydrogen) atoms. The normalized spacial score (nSPS) is 14.4. The predicted octanol–water partition coefficient (Wildman–Crippen LogP) is 1.91. The van der Waals surface area contributed by atoms with Crippen LogP contribution in [-0.4, -0.2) is 51.9 Å². The van der Waals surface area contributed by atoms with Gasteiger partial charge in [0.1, 0.15) is 12.1 Å². The lowest BCUT2D eigenvalue weighted by Crippen LogP contribution is -2.49. The van der Waals surface area contributed by atoms with E-state index in [9.17, 15) is 14.9 Å². The lowest BCUT2D eigenvalue weighted by Gasteiger charge is -2.35. The number of nitro groups is 1. The molecule has 0 unspecified atom stereocenters. The van der Waals surface area contributed by atoms with E-state index in [0.717, 1.165) is 17.9 Å². The van der Waals surface area contributed by atoms with Crippen molar-refractivity contribution < 1.29 is 9.72 Å². The zero-order valence-electron chi connectivity index (χ0n) is 14.0. The number of hydrogen-bond acceptors (Lipinski definition) is 6. The molecule has 130 valence electrons. The minimum atomic E-state index is -0.473. The van der Waals surface area contributed by atoms with E-state index in [0.29, 0.717) is 31.7 Å². The minimum Gasteiger partial charge on any atom is -0.353 e. The maximum atomic E-state index is 12.5. The fourth-order valence-corrected chi connectivity index (χ4v) is 2.80. The number of carbonyl (C=O) groups excluding carboxylic acids is 1. The van der Waals surface area contributed by atoms with Gasteiger partial charge in [0.15, 0.2) is 0 Å². The highest BCUT2D eigenvalue weighted by Crippen LogP contribution is 2.17. The molecule has 0 bridgehead atoms. The zero-order valence-corrected chi connectivity index (χ0v) is 14.0. The molecule has 1 amide bonds. The summed E-state index contributed by atoms with van der Waals surface area (Å²) in [6.45, 7) is 4.60. The van der Waals surface area contributed by atoms with Crippen LogP contribution in [0, 0.1) is 10.1 Å². The maximum Gasteiger partial charge on any atom is 0.269 e. The fourth-order valence-electron chi connectivity index (χ4n) is 2.80. The molecule has 1 aliphatic heterocycles. The van der Waals surface area contributed by atoms with Gasteiger partial charge in [0.05, 0.1) is 4.92 Å². The van der Waals surface area contributed by atoms with Crippen molar-refractivity contribution in [3.05, 3.63) is 58.0 Å². The molecule has 0 spiro atoms. The van der Waals surface area contributed by atoms with Gasteiger partial charge in [-0.1, -0.05) is 6.92 Å². The molecule has 1 aromatic heterocycles. The van der Waals surface area contributed by atoms with Crippen molar-refractivity contribution in [3.63, 3.8) is 0 Å².